The average molecular weight is 276 g/mol. The van der Waals surface area contributed by atoms with Crippen molar-refractivity contribution in [2.75, 3.05) is 6.54 Å². The summed E-state index contributed by atoms with van der Waals surface area (Å²) >= 11 is 0. The average Bonchev–Trinajstić information content (AvgIpc) is 3.30. The van der Waals surface area contributed by atoms with Gasteiger partial charge in [-0.25, -0.2) is 4.39 Å². The van der Waals surface area contributed by atoms with E-state index in [1.807, 2.05) is 12.1 Å². The van der Waals surface area contributed by atoms with Crippen LogP contribution in [0.15, 0.2) is 24.3 Å². The number of hydrogen-bond donors (Lipinski definition) is 1. The number of halogens is 1. The zero-order valence-corrected chi connectivity index (χ0v) is 12.3. The molecule has 0 heterocycles. The van der Waals surface area contributed by atoms with Crippen LogP contribution in [0.3, 0.4) is 0 Å². The highest BCUT2D eigenvalue weighted by molar-refractivity contribution is 5.23. The van der Waals surface area contributed by atoms with Crippen molar-refractivity contribution in [2.45, 2.75) is 57.2 Å². The molecule has 2 aliphatic rings. The summed E-state index contributed by atoms with van der Waals surface area (Å²) in [5.41, 5.74) is 7.45. The zero-order chi connectivity index (χ0) is 14.1. The lowest BCUT2D eigenvalue weighted by molar-refractivity contribution is 0.152. The van der Waals surface area contributed by atoms with Crippen LogP contribution in [0.25, 0.3) is 0 Å². The number of nitrogens with zero attached hydrogens (tertiary/aromatic N) is 1. The molecule has 2 atom stereocenters. The van der Waals surface area contributed by atoms with E-state index in [2.05, 4.69) is 11.8 Å². The minimum atomic E-state index is -0.155. The lowest BCUT2D eigenvalue weighted by atomic mass is 9.95. The molecular formula is C17H25FN2. The van der Waals surface area contributed by atoms with E-state index in [9.17, 15) is 4.39 Å². The molecule has 0 aliphatic heterocycles. The molecule has 1 aromatic carbocycles. The van der Waals surface area contributed by atoms with Crippen molar-refractivity contribution in [3.05, 3.63) is 35.6 Å². The molecule has 1 aromatic rings. The van der Waals surface area contributed by atoms with E-state index in [0.29, 0.717) is 6.04 Å². The monoisotopic (exact) mass is 276 g/mol. The maximum Gasteiger partial charge on any atom is 0.123 e. The Labute approximate surface area is 121 Å². The quantitative estimate of drug-likeness (QED) is 0.826. The molecule has 2 unspecified atom stereocenters. The minimum Gasteiger partial charge on any atom is -0.326 e. The van der Waals surface area contributed by atoms with Gasteiger partial charge in [0.15, 0.2) is 0 Å². The van der Waals surface area contributed by atoms with E-state index >= 15 is 0 Å². The molecule has 0 spiro atoms. The number of hydrogen-bond acceptors (Lipinski definition) is 2. The van der Waals surface area contributed by atoms with Crippen LogP contribution < -0.4 is 5.73 Å². The van der Waals surface area contributed by atoms with Gasteiger partial charge in [0.2, 0.25) is 0 Å². The Balaban J connectivity index is 1.86. The summed E-state index contributed by atoms with van der Waals surface area (Å²) in [6.07, 6.45) is 6.17. The van der Waals surface area contributed by atoms with Gasteiger partial charge < -0.3 is 5.73 Å². The van der Waals surface area contributed by atoms with Crippen molar-refractivity contribution in [1.82, 2.24) is 4.90 Å². The molecule has 110 valence electrons. The molecule has 2 aliphatic carbocycles. The smallest absolute Gasteiger partial charge is 0.123 e. The predicted octanol–water partition coefficient (Wildman–Crippen LogP) is 3.48. The SMILES string of the molecule is CCC(N)C(c1cccc(F)c1)N(CC1CC1)C1CC1. The summed E-state index contributed by atoms with van der Waals surface area (Å²) in [5.74, 6) is 0.689. The van der Waals surface area contributed by atoms with E-state index in [-0.39, 0.29) is 17.9 Å². The van der Waals surface area contributed by atoms with Crippen LogP contribution in [0.2, 0.25) is 0 Å². The highest BCUT2D eigenvalue weighted by atomic mass is 19.1. The second kappa shape index (κ2) is 5.82. The first-order valence-corrected chi connectivity index (χ1v) is 7.95. The van der Waals surface area contributed by atoms with Gasteiger partial charge in [-0.15, -0.1) is 0 Å². The van der Waals surface area contributed by atoms with Gasteiger partial charge in [-0.1, -0.05) is 19.1 Å². The highest BCUT2D eigenvalue weighted by Crippen LogP contribution is 2.40. The predicted molar refractivity (Wildman–Crippen MR) is 79.9 cm³/mol. The maximum absolute atomic E-state index is 13.6. The van der Waals surface area contributed by atoms with Crippen LogP contribution >= 0.6 is 0 Å². The fraction of sp³-hybridized carbons (Fsp3) is 0.647. The van der Waals surface area contributed by atoms with Gasteiger partial charge in [-0.05, 0) is 55.7 Å². The molecule has 2 fully saturated rings. The first-order valence-electron chi connectivity index (χ1n) is 7.95. The fourth-order valence-electron chi connectivity index (χ4n) is 3.09. The molecule has 2 N–H and O–H groups in total. The summed E-state index contributed by atoms with van der Waals surface area (Å²) < 4.78 is 13.6. The molecule has 3 heteroatoms. The summed E-state index contributed by atoms with van der Waals surface area (Å²) in [6, 6.07) is 7.94. The largest absolute Gasteiger partial charge is 0.326 e. The van der Waals surface area contributed by atoms with Gasteiger partial charge in [0, 0.05) is 18.6 Å². The lowest BCUT2D eigenvalue weighted by Crippen LogP contribution is -2.43. The second-order valence-corrected chi connectivity index (χ2v) is 6.44. The molecule has 0 aromatic heterocycles. The molecule has 0 saturated heterocycles. The fourth-order valence-corrected chi connectivity index (χ4v) is 3.09. The Morgan fingerprint density at radius 1 is 1.30 bits per heavy atom. The standard InChI is InChI=1S/C17H25FN2/c1-2-16(19)17(13-4-3-5-14(18)10-13)20(15-8-9-15)11-12-6-7-12/h3-5,10,12,15-17H,2,6-9,11,19H2,1H3. The third-order valence-electron chi connectivity index (χ3n) is 4.61. The molecular weight excluding hydrogens is 251 g/mol. The molecule has 2 nitrogen and oxygen atoms in total. The molecule has 0 amide bonds. The third-order valence-corrected chi connectivity index (χ3v) is 4.61. The Morgan fingerprint density at radius 2 is 2.05 bits per heavy atom. The first-order chi connectivity index (χ1) is 9.69. The highest BCUT2D eigenvalue weighted by Gasteiger charge is 2.39. The van der Waals surface area contributed by atoms with Crippen LogP contribution in [0.1, 0.15) is 50.6 Å². The number of benzene rings is 1. The Morgan fingerprint density at radius 3 is 2.60 bits per heavy atom. The molecule has 2 saturated carbocycles. The van der Waals surface area contributed by atoms with Crippen molar-refractivity contribution in [1.29, 1.82) is 0 Å². The van der Waals surface area contributed by atoms with E-state index in [4.69, 9.17) is 5.73 Å². The van der Waals surface area contributed by atoms with E-state index < -0.39 is 0 Å². The lowest BCUT2D eigenvalue weighted by Gasteiger charge is -2.36. The number of nitrogens with two attached hydrogens (primary N) is 1. The van der Waals surface area contributed by atoms with Gasteiger partial charge >= 0.3 is 0 Å². The maximum atomic E-state index is 13.6. The van der Waals surface area contributed by atoms with Crippen LogP contribution in [0, 0.1) is 11.7 Å². The van der Waals surface area contributed by atoms with Gasteiger partial charge in [-0.3, -0.25) is 4.90 Å². The molecule has 0 bridgehead atoms. The zero-order valence-electron chi connectivity index (χ0n) is 12.3. The Bertz CT molecular complexity index is 454. The summed E-state index contributed by atoms with van der Waals surface area (Å²) in [4.78, 5) is 2.57. The van der Waals surface area contributed by atoms with E-state index in [0.717, 1.165) is 24.4 Å². The summed E-state index contributed by atoms with van der Waals surface area (Å²) in [7, 11) is 0. The molecule has 3 rings (SSSR count). The van der Waals surface area contributed by atoms with Crippen molar-refractivity contribution in [2.24, 2.45) is 11.7 Å². The van der Waals surface area contributed by atoms with E-state index in [1.54, 1.807) is 6.07 Å². The van der Waals surface area contributed by atoms with Crippen LogP contribution in [0.5, 0.6) is 0 Å². The van der Waals surface area contributed by atoms with Gasteiger partial charge in [0.1, 0.15) is 5.82 Å². The van der Waals surface area contributed by atoms with Crippen LogP contribution in [-0.4, -0.2) is 23.5 Å². The van der Waals surface area contributed by atoms with Gasteiger partial charge in [0.05, 0.1) is 6.04 Å². The van der Waals surface area contributed by atoms with Crippen LogP contribution in [-0.2, 0) is 0 Å². The summed E-state index contributed by atoms with van der Waals surface area (Å²) in [5, 5.41) is 0. The molecule has 0 radical (unpaired) electrons. The van der Waals surface area contributed by atoms with E-state index in [1.165, 1.54) is 31.7 Å². The number of rotatable bonds is 7. The first kappa shape index (κ1) is 14.0. The van der Waals surface area contributed by atoms with Crippen molar-refractivity contribution < 1.29 is 4.39 Å². The Hall–Kier alpha value is -0.930. The third kappa shape index (κ3) is 3.21. The van der Waals surface area contributed by atoms with Crippen molar-refractivity contribution in [3.8, 4) is 0 Å². The normalized spacial score (nSPS) is 22.0. The Kier molecular flexibility index (Phi) is 4.08. The van der Waals surface area contributed by atoms with Gasteiger partial charge in [0.25, 0.3) is 0 Å². The van der Waals surface area contributed by atoms with Crippen molar-refractivity contribution >= 4 is 0 Å². The van der Waals surface area contributed by atoms with Crippen LogP contribution in [0.4, 0.5) is 4.39 Å². The summed E-state index contributed by atoms with van der Waals surface area (Å²) in [6.45, 7) is 3.26. The second-order valence-electron chi connectivity index (χ2n) is 6.44. The van der Waals surface area contributed by atoms with Crippen molar-refractivity contribution in [3.63, 3.8) is 0 Å². The minimum absolute atomic E-state index is 0.0798. The molecule has 20 heavy (non-hydrogen) atoms. The van der Waals surface area contributed by atoms with Gasteiger partial charge in [-0.2, -0.15) is 0 Å². The topological polar surface area (TPSA) is 29.3 Å².